The van der Waals surface area contributed by atoms with Gasteiger partial charge < -0.3 is 15.3 Å². The van der Waals surface area contributed by atoms with Crippen LogP contribution in [0.1, 0.15) is 20.8 Å². The van der Waals surface area contributed by atoms with Crippen LogP contribution in [-0.4, -0.2) is 19.8 Å². The van der Waals surface area contributed by atoms with Crippen LogP contribution in [-0.2, 0) is 0 Å². The molecule has 0 spiro atoms. The third kappa shape index (κ3) is 316. The van der Waals surface area contributed by atoms with Gasteiger partial charge >= 0.3 is 49.4 Å². The van der Waals surface area contributed by atoms with E-state index in [1.165, 1.54) is 0 Å². The van der Waals surface area contributed by atoms with Crippen LogP contribution >= 0.6 is 0 Å². The first-order chi connectivity index (χ1) is 4.24. The summed E-state index contributed by atoms with van der Waals surface area (Å²) in [5.74, 6) is 0. The quantitative estimate of drug-likeness (QED) is 0.522. The first kappa shape index (κ1) is 22.5. The molecule has 0 aromatic carbocycles. The van der Waals surface area contributed by atoms with Gasteiger partial charge in [0.15, 0.2) is 0 Å². The number of rotatable bonds is 0. The molecule has 0 bridgehead atoms. The topological polar surface area (TPSA) is 69.2 Å². The van der Waals surface area contributed by atoms with E-state index >= 15 is 0 Å². The molecule has 3 nitrogen and oxygen atoms in total. The summed E-state index contributed by atoms with van der Waals surface area (Å²) < 4.78 is 0. The van der Waals surface area contributed by atoms with Gasteiger partial charge in [0.05, 0.1) is 0 Å². The Morgan fingerprint density at radius 1 is 0.700 bits per heavy atom. The third-order valence-electron chi connectivity index (χ3n) is 0. The maximum Gasteiger partial charge on any atom is 3.00 e. The van der Waals surface area contributed by atoms with Gasteiger partial charge in [0.25, 0.3) is 0 Å². The van der Waals surface area contributed by atoms with E-state index in [0.29, 0.717) is 0 Å². The molecule has 0 aliphatic heterocycles. The molecular formula is C6H15EuO3. The molecule has 0 atom stereocenters. The fourth-order valence-corrected chi connectivity index (χ4v) is 0. The Morgan fingerprint density at radius 2 is 0.700 bits per heavy atom. The van der Waals surface area contributed by atoms with Crippen LogP contribution in [0.25, 0.3) is 0 Å². The Bertz CT molecular complexity index is 17.7. The van der Waals surface area contributed by atoms with Crippen LogP contribution in [0.3, 0.4) is 0 Å². The molecule has 4 heteroatoms. The fraction of sp³-hybridized carbons (Fsp3) is 1.00. The normalized spacial score (nSPS) is 5.40. The van der Waals surface area contributed by atoms with Crippen LogP contribution in [0.5, 0.6) is 0 Å². The predicted molar refractivity (Wildman–Crippen MR) is 31.6 cm³/mol. The molecule has 0 rings (SSSR count). The van der Waals surface area contributed by atoms with Crippen molar-refractivity contribution in [3.05, 3.63) is 0 Å². The molecule has 0 aromatic heterocycles. The Balaban J connectivity index is -0.0000000257. The van der Waals surface area contributed by atoms with Crippen molar-refractivity contribution in [1.29, 1.82) is 0 Å². The summed E-state index contributed by atoms with van der Waals surface area (Å²) in [7, 11) is 0. The Morgan fingerprint density at radius 3 is 0.700 bits per heavy atom. The van der Waals surface area contributed by atoms with E-state index < -0.39 is 0 Å². The maximum absolute atomic E-state index is 8.93. The third-order valence-corrected chi connectivity index (χ3v) is 0. The fourth-order valence-electron chi connectivity index (χ4n) is 0. The zero-order valence-electron chi connectivity index (χ0n) is 6.72. The Hall–Kier alpha value is 1.46. The molecule has 0 aliphatic carbocycles. The van der Waals surface area contributed by atoms with E-state index in [2.05, 4.69) is 0 Å². The van der Waals surface area contributed by atoms with E-state index in [9.17, 15) is 0 Å². The van der Waals surface area contributed by atoms with Crippen LogP contribution in [0.4, 0.5) is 0 Å². The van der Waals surface area contributed by atoms with Gasteiger partial charge in [0.2, 0.25) is 0 Å². The Labute approximate surface area is 104 Å². The van der Waals surface area contributed by atoms with Crippen molar-refractivity contribution in [1.82, 2.24) is 0 Å². The van der Waals surface area contributed by atoms with Crippen molar-refractivity contribution >= 4 is 0 Å². The number of hydrogen-bond donors (Lipinski definition) is 0. The second-order valence-corrected chi connectivity index (χ2v) is 0.866. The largest absolute Gasteiger partial charge is 3.00 e. The molecule has 0 saturated carbocycles. The van der Waals surface area contributed by atoms with Gasteiger partial charge in [-0.15, -0.1) is 19.8 Å². The first-order valence-electron chi connectivity index (χ1n) is 2.99. The van der Waals surface area contributed by atoms with Crippen LogP contribution < -0.4 is 15.3 Å². The summed E-state index contributed by atoms with van der Waals surface area (Å²) in [4.78, 5) is 0. The Kier molecular flexibility index (Phi) is 106. The minimum absolute atomic E-state index is 0. The number of hydrogen-bond acceptors (Lipinski definition) is 3. The second kappa shape index (κ2) is 47.0. The van der Waals surface area contributed by atoms with Crippen molar-refractivity contribution in [2.75, 3.05) is 19.8 Å². The van der Waals surface area contributed by atoms with Gasteiger partial charge in [-0.2, -0.15) is 0 Å². The zero-order valence-corrected chi connectivity index (χ0v) is 9.15. The first-order valence-corrected chi connectivity index (χ1v) is 2.99. The van der Waals surface area contributed by atoms with Gasteiger partial charge in [-0.05, 0) is 0 Å². The molecule has 0 saturated heterocycles. The summed E-state index contributed by atoms with van der Waals surface area (Å²) in [6, 6.07) is 0. The van der Waals surface area contributed by atoms with Gasteiger partial charge in [-0.1, -0.05) is 20.8 Å². The van der Waals surface area contributed by atoms with E-state index in [1.807, 2.05) is 0 Å². The molecule has 0 fully saturated rings. The molecule has 0 aliphatic rings. The van der Waals surface area contributed by atoms with Crippen molar-refractivity contribution in [3.8, 4) is 0 Å². The predicted octanol–water partition coefficient (Wildman–Crippen LogP) is -1.90. The summed E-state index contributed by atoms with van der Waals surface area (Å²) in [5.41, 5.74) is 0. The van der Waals surface area contributed by atoms with Gasteiger partial charge in [-0.25, -0.2) is 0 Å². The molecule has 10 heavy (non-hydrogen) atoms. The molecule has 0 amide bonds. The van der Waals surface area contributed by atoms with E-state index in [4.69, 9.17) is 15.3 Å². The SMILES string of the molecule is CC[O-].CC[O-].CC[O-].[Eu+3]. The zero-order chi connectivity index (χ0) is 8.12. The van der Waals surface area contributed by atoms with Crippen molar-refractivity contribution in [2.24, 2.45) is 0 Å². The molecule has 0 aromatic rings. The van der Waals surface area contributed by atoms with Gasteiger partial charge in [0.1, 0.15) is 0 Å². The summed E-state index contributed by atoms with van der Waals surface area (Å²) in [6.45, 7) is 4.71. The van der Waals surface area contributed by atoms with Crippen LogP contribution in [0, 0.1) is 49.4 Å². The van der Waals surface area contributed by atoms with E-state index in [1.54, 1.807) is 20.8 Å². The minimum Gasteiger partial charge on any atom is -0.855 e. The molecule has 0 unspecified atom stereocenters. The van der Waals surface area contributed by atoms with Crippen molar-refractivity contribution < 1.29 is 64.7 Å². The molecule has 0 radical (unpaired) electrons. The summed E-state index contributed by atoms with van der Waals surface area (Å²) in [5, 5.41) is 26.8. The molecule has 0 heterocycles. The monoisotopic (exact) mass is 288 g/mol. The maximum atomic E-state index is 8.93. The summed E-state index contributed by atoms with van der Waals surface area (Å²) in [6.07, 6.45) is 0. The smallest absolute Gasteiger partial charge is 0.855 e. The van der Waals surface area contributed by atoms with Gasteiger partial charge in [-0.3, -0.25) is 0 Å². The second-order valence-electron chi connectivity index (χ2n) is 0.866. The van der Waals surface area contributed by atoms with Crippen molar-refractivity contribution in [2.45, 2.75) is 20.8 Å². The molecule has 0 N–H and O–H groups in total. The average molecular weight is 287 g/mol. The van der Waals surface area contributed by atoms with Crippen LogP contribution in [0.2, 0.25) is 0 Å². The van der Waals surface area contributed by atoms with Crippen molar-refractivity contribution in [3.63, 3.8) is 0 Å². The van der Waals surface area contributed by atoms with E-state index in [-0.39, 0.29) is 69.2 Å². The summed E-state index contributed by atoms with van der Waals surface area (Å²) >= 11 is 0. The van der Waals surface area contributed by atoms with E-state index in [0.717, 1.165) is 0 Å². The minimum atomic E-state index is 0. The molecule has 64 valence electrons. The molecular weight excluding hydrogens is 272 g/mol. The van der Waals surface area contributed by atoms with Crippen LogP contribution in [0.15, 0.2) is 0 Å². The standard InChI is InChI=1S/3C2H5O.Eu/c3*1-2-3;/h3*2H2,1H3;/q3*-1;+3. The average Bonchev–Trinajstić information content (AvgIpc) is 1.70. The van der Waals surface area contributed by atoms with Gasteiger partial charge in [0, 0.05) is 0 Å².